The Morgan fingerprint density at radius 3 is 2.54 bits per heavy atom. The molecule has 0 amide bonds. The van der Waals surface area contributed by atoms with Crippen molar-refractivity contribution in [1.29, 1.82) is 0 Å². The van der Waals surface area contributed by atoms with E-state index < -0.39 is 41.6 Å². The first-order valence-corrected chi connectivity index (χ1v) is 35.4. The number of carbonyl (C=O) groups excluding carboxylic acids is 1. The number of phenols is 2. The third-order valence-corrected chi connectivity index (χ3v) is 24.2. The standard InChI is InChI=1S/C76H84N4O9S2/c1-44(82)87-42-61-57-23-24-58-67-51(34-54(83)35-64(67)86-3)37-76-31-30-49(36-76)55(22-20-45-12-6-4-7-13-45)56-26-29-66(77)80-62(56)27-21-48-17-11-18-50(41-85-2)52(40-81)38-78-39-60-68(48)69(72(61)88-73(57)70(58)76)59-25-28-63-75(89-74(59)71(60)84)65(33-46-14-8-5-9-15-46)91-90-43-47-16-10-19-53(32-47)79-63/h4-9,12-15,23-26,28-29,34-35,47-50,52-53,55,61,63,65-66,72,75,78-81,83-84H,10,16,18-20,22,30-33,36-43,77H2,1-3H3. The maximum absolute atomic E-state index is 13.8. The molecule has 6 bridgehead atoms. The topological polar surface area (TPSA) is 186 Å². The van der Waals surface area contributed by atoms with Gasteiger partial charge in [0.2, 0.25) is 0 Å². The number of rotatable bonds is 11. The van der Waals surface area contributed by atoms with Crippen LogP contribution < -0.4 is 35.9 Å². The number of fused-ring (bicyclic) bond motifs is 10. The molecule has 14 atom stereocenters. The van der Waals surface area contributed by atoms with Gasteiger partial charge in [0.15, 0.2) is 11.5 Å². The molecule has 474 valence electrons. The second kappa shape index (κ2) is 26.7. The van der Waals surface area contributed by atoms with Crippen molar-refractivity contribution >= 4 is 33.6 Å². The minimum atomic E-state index is -0.850. The minimum Gasteiger partial charge on any atom is -0.508 e. The van der Waals surface area contributed by atoms with Crippen LogP contribution in [-0.4, -0.2) is 97.2 Å². The molecule has 14 rings (SSSR count). The van der Waals surface area contributed by atoms with Crippen molar-refractivity contribution in [3.63, 3.8) is 0 Å². The zero-order valence-electron chi connectivity index (χ0n) is 52.3. The number of ether oxygens (including phenoxy) is 5. The number of carbonyl (C=O) groups is 1. The van der Waals surface area contributed by atoms with Gasteiger partial charge in [0, 0.05) is 103 Å². The molecule has 0 radical (unpaired) electrons. The summed E-state index contributed by atoms with van der Waals surface area (Å²) in [4.78, 5) is 13.4. The highest BCUT2D eigenvalue weighted by molar-refractivity contribution is 8.77. The summed E-state index contributed by atoms with van der Waals surface area (Å²) in [6.07, 6.45) is 17.5. The summed E-state index contributed by atoms with van der Waals surface area (Å²) in [7, 11) is 7.19. The van der Waals surface area contributed by atoms with Gasteiger partial charge in [0.25, 0.3) is 0 Å². The number of nitrogens with two attached hydrogens (primary N) is 1. The summed E-state index contributed by atoms with van der Waals surface area (Å²) < 4.78 is 34.2. The molecule has 3 fully saturated rings. The predicted molar refractivity (Wildman–Crippen MR) is 360 cm³/mol. The SMILES string of the molecule is COCC1CC#CC2C#CC3=C(C=CC(N)N3)C(CCc3ccccc3)C3CCC4(Cc5cc(O)cc(OC)c5-c5ccc6c(c54)OC(c4c5c(c(O)c(c42)CNCC1CO)OC1C(C=C5)NC2CCCC(CSSC1Cc1ccccc1)C2)C6COC(C)=O)C3. The zero-order valence-corrected chi connectivity index (χ0v) is 53.9. The van der Waals surface area contributed by atoms with Gasteiger partial charge in [-0.05, 0) is 139 Å². The number of nitrogens with one attached hydrogen (secondary N) is 3. The highest BCUT2D eigenvalue weighted by atomic mass is 33.1. The Labute approximate surface area is 543 Å². The highest BCUT2D eigenvalue weighted by Gasteiger charge is 2.53. The van der Waals surface area contributed by atoms with Gasteiger partial charge in [0.1, 0.15) is 42.0 Å². The molecule has 15 heteroatoms. The fourth-order valence-electron chi connectivity index (χ4n) is 17.0. The van der Waals surface area contributed by atoms with Crippen LogP contribution in [0.3, 0.4) is 0 Å². The van der Waals surface area contributed by atoms with Crippen molar-refractivity contribution in [3.05, 3.63) is 164 Å². The van der Waals surface area contributed by atoms with Crippen LogP contribution in [0.4, 0.5) is 0 Å². The van der Waals surface area contributed by atoms with Gasteiger partial charge in [-0.1, -0.05) is 131 Å². The molecule has 2 saturated carbocycles. The van der Waals surface area contributed by atoms with Crippen LogP contribution in [0.1, 0.15) is 133 Å². The van der Waals surface area contributed by atoms with E-state index in [-0.39, 0.29) is 72.3 Å². The number of aryl methyl sites for hydroxylation is 1. The first-order chi connectivity index (χ1) is 44.5. The predicted octanol–water partition coefficient (Wildman–Crippen LogP) is 11.9. The third kappa shape index (κ3) is 12.2. The lowest BCUT2D eigenvalue weighted by atomic mass is 9.64. The molecule has 91 heavy (non-hydrogen) atoms. The minimum absolute atomic E-state index is 0.00402. The number of benzene rings is 5. The highest BCUT2D eigenvalue weighted by Crippen LogP contribution is 2.64. The van der Waals surface area contributed by atoms with Gasteiger partial charge < -0.3 is 60.7 Å². The van der Waals surface area contributed by atoms with Crippen LogP contribution in [0.5, 0.6) is 28.7 Å². The van der Waals surface area contributed by atoms with Crippen molar-refractivity contribution in [2.24, 2.45) is 35.3 Å². The largest absolute Gasteiger partial charge is 0.508 e. The van der Waals surface area contributed by atoms with Crippen molar-refractivity contribution in [2.75, 3.05) is 46.3 Å². The number of methoxy groups -OCH3 is 2. The summed E-state index contributed by atoms with van der Waals surface area (Å²) in [6.45, 7) is 2.32. The third-order valence-electron chi connectivity index (χ3n) is 21.3. The molecule has 6 aliphatic heterocycles. The first-order valence-electron chi connectivity index (χ1n) is 33.0. The van der Waals surface area contributed by atoms with Gasteiger partial charge in [0.05, 0.1) is 42.8 Å². The number of phenolic OH excluding ortho intramolecular Hbond substituents is 2. The number of dihydropyridines is 1. The lowest BCUT2D eigenvalue weighted by Crippen LogP contribution is -2.52. The van der Waals surface area contributed by atoms with E-state index in [1.54, 1.807) is 20.3 Å². The van der Waals surface area contributed by atoms with E-state index in [0.29, 0.717) is 60.1 Å². The molecule has 5 aromatic carbocycles. The number of allylic oxidation sites excluding steroid dienone is 3. The fraction of sp³-hybridized carbons (Fsp3) is 0.461. The number of aliphatic hydroxyl groups excluding tert-OH is 1. The van der Waals surface area contributed by atoms with E-state index in [0.717, 1.165) is 114 Å². The second-order valence-electron chi connectivity index (χ2n) is 26.9. The van der Waals surface area contributed by atoms with Crippen molar-refractivity contribution in [3.8, 4) is 63.6 Å². The van der Waals surface area contributed by atoms with Crippen molar-refractivity contribution in [1.82, 2.24) is 16.0 Å². The number of aromatic hydroxyl groups is 2. The molecular weight excluding hydrogens is 1180 g/mol. The van der Waals surface area contributed by atoms with Gasteiger partial charge in [-0.3, -0.25) is 4.79 Å². The van der Waals surface area contributed by atoms with E-state index in [1.165, 1.54) is 24.5 Å². The Balaban J connectivity index is 1.06. The van der Waals surface area contributed by atoms with Crippen LogP contribution in [0.25, 0.3) is 17.2 Å². The number of hydrogen-bond acceptors (Lipinski definition) is 15. The van der Waals surface area contributed by atoms with Crippen LogP contribution in [0.15, 0.2) is 114 Å². The van der Waals surface area contributed by atoms with Crippen LogP contribution in [-0.2, 0) is 45.5 Å². The molecule has 9 aliphatic rings. The first kappa shape index (κ1) is 61.7. The van der Waals surface area contributed by atoms with E-state index in [1.807, 2.05) is 33.7 Å². The van der Waals surface area contributed by atoms with Crippen molar-refractivity contribution < 1.29 is 43.8 Å². The number of esters is 1. The Bertz CT molecular complexity index is 3790. The Morgan fingerprint density at radius 2 is 1.74 bits per heavy atom. The Kier molecular flexibility index (Phi) is 18.1. The van der Waals surface area contributed by atoms with Crippen LogP contribution >= 0.6 is 21.6 Å². The summed E-state index contributed by atoms with van der Waals surface area (Å²) >= 11 is 0. The molecular formula is C76H84N4O9S2. The quantitative estimate of drug-likeness (QED) is 0.0376. The molecule has 8 N–H and O–H groups in total. The maximum atomic E-state index is 13.8. The Morgan fingerprint density at radius 1 is 0.901 bits per heavy atom. The molecule has 0 aromatic heterocycles. The van der Waals surface area contributed by atoms with Crippen LogP contribution in [0, 0.1) is 53.3 Å². The zero-order chi connectivity index (χ0) is 62.3. The fourth-order valence-corrected chi connectivity index (χ4v) is 20.2. The normalized spacial score (nSPS) is 30.1. The van der Waals surface area contributed by atoms with E-state index in [2.05, 4.69) is 131 Å². The Hall–Kier alpha value is -6.79. The number of aliphatic hydroxyl groups is 1. The molecule has 14 unspecified atom stereocenters. The molecule has 3 aliphatic carbocycles. The lowest BCUT2D eigenvalue weighted by Gasteiger charge is -2.40. The van der Waals surface area contributed by atoms with Crippen molar-refractivity contribution in [2.45, 2.75) is 143 Å². The number of hydrogen-bond donors (Lipinski definition) is 7. The average molecular weight is 1260 g/mol. The summed E-state index contributed by atoms with van der Waals surface area (Å²) in [5.74, 6) is 16.5. The monoisotopic (exact) mass is 1260 g/mol. The van der Waals surface area contributed by atoms with E-state index >= 15 is 0 Å². The molecule has 1 spiro atoms. The summed E-state index contributed by atoms with van der Waals surface area (Å²) in [5.41, 5.74) is 18.4. The molecule has 13 nitrogen and oxygen atoms in total. The lowest BCUT2D eigenvalue weighted by molar-refractivity contribution is -0.141. The van der Waals surface area contributed by atoms with E-state index in [9.17, 15) is 20.1 Å². The van der Waals surface area contributed by atoms with Gasteiger partial charge >= 0.3 is 5.97 Å². The maximum Gasteiger partial charge on any atom is 0.302 e. The van der Waals surface area contributed by atoms with Gasteiger partial charge in [-0.2, -0.15) is 0 Å². The molecule has 1 saturated heterocycles. The molecule has 6 heterocycles. The average Bonchev–Trinajstić information content (AvgIpc) is 1.62. The smallest absolute Gasteiger partial charge is 0.302 e. The van der Waals surface area contributed by atoms with Gasteiger partial charge in [-0.15, -0.1) is 5.92 Å². The van der Waals surface area contributed by atoms with E-state index in [4.69, 9.17) is 29.4 Å². The summed E-state index contributed by atoms with van der Waals surface area (Å²) in [6, 6.07) is 29.4. The van der Waals surface area contributed by atoms with Crippen LogP contribution in [0.2, 0.25) is 0 Å². The summed E-state index contributed by atoms with van der Waals surface area (Å²) in [5, 5.41) is 48.0. The van der Waals surface area contributed by atoms with Gasteiger partial charge in [-0.25, -0.2) is 0 Å². The second-order valence-corrected chi connectivity index (χ2v) is 29.5. The molecule has 5 aromatic rings.